The molecule has 3 aliphatic heterocycles. The van der Waals surface area contributed by atoms with Gasteiger partial charge in [-0.3, -0.25) is 15.0 Å². The van der Waals surface area contributed by atoms with Gasteiger partial charge in [0.1, 0.15) is 6.04 Å². The predicted molar refractivity (Wildman–Crippen MR) is 74.4 cm³/mol. The average Bonchev–Trinajstić information content (AvgIpc) is 2.71. The van der Waals surface area contributed by atoms with E-state index in [0.717, 1.165) is 26.1 Å². The van der Waals surface area contributed by atoms with E-state index >= 15 is 0 Å². The molecule has 3 N–H and O–H groups in total. The number of fused-ring (bicyclic) bond motifs is 1. The van der Waals surface area contributed by atoms with Crippen molar-refractivity contribution in [3.8, 4) is 0 Å². The number of carbonyl (C=O) groups is 1. The molecule has 3 aliphatic rings. The maximum atomic E-state index is 11.2. The van der Waals surface area contributed by atoms with Crippen LogP contribution in [0.2, 0.25) is 0 Å². The minimum atomic E-state index is -0.740. The molecule has 0 aromatic heterocycles. The number of nitrogens with zero attached hydrogens (tertiary/aromatic N) is 1. The molecule has 3 saturated heterocycles. The number of hydrogen-bond acceptors (Lipinski definition) is 5. The van der Waals surface area contributed by atoms with Crippen LogP contribution in [0.15, 0.2) is 0 Å². The van der Waals surface area contributed by atoms with Crippen molar-refractivity contribution in [2.45, 2.75) is 57.1 Å². The van der Waals surface area contributed by atoms with Crippen LogP contribution in [0.5, 0.6) is 0 Å². The normalized spacial score (nSPS) is 41.5. The number of hydrogen-bond donors (Lipinski definition) is 3. The summed E-state index contributed by atoms with van der Waals surface area (Å²) >= 11 is 0. The highest BCUT2D eigenvalue weighted by atomic mass is 16.5. The van der Waals surface area contributed by atoms with E-state index in [0.29, 0.717) is 36.7 Å². The first-order chi connectivity index (χ1) is 9.56. The highest BCUT2D eigenvalue weighted by molar-refractivity contribution is 5.73. The summed E-state index contributed by atoms with van der Waals surface area (Å²) in [6.45, 7) is 6.94. The second-order valence-corrected chi connectivity index (χ2v) is 6.54. The fraction of sp³-hybridized carbons (Fsp3) is 0.929. The molecule has 6 heteroatoms. The zero-order chi connectivity index (χ0) is 14.3. The van der Waals surface area contributed by atoms with Crippen LogP contribution in [0.25, 0.3) is 0 Å². The third kappa shape index (κ3) is 2.57. The predicted octanol–water partition coefficient (Wildman–Crippen LogP) is -0.154. The second-order valence-electron chi connectivity index (χ2n) is 6.54. The first kappa shape index (κ1) is 14.3. The van der Waals surface area contributed by atoms with Gasteiger partial charge in [0, 0.05) is 31.8 Å². The van der Waals surface area contributed by atoms with Gasteiger partial charge < -0.3 is 15.2 Å². The van der Waals surface area contributed by atoms with Gasteiger partial charge in [-0.25, -0.2) is 0 Å². The first-order valence-electron chi connectivity index (χ1n) is 7.66. The monoisotopic (exact) mass is 283 g/mol. The molecule has 0 aromatic rings. The van der Waals surface area contributed by atoms with Crippen LogP contribution in [-0.2, 0) is 9.53 Å². The molecule has 0 aromatic carbocycles. The van der Waals surface area contributed by atoms with Gasteiger partial charge in [-0.05, 0) is 18.8 Å². The summed E-state index contributed by atoms with van der Waals surface area (Å²) in [5.41, 5.74) is 0. The number of rotatable bonds is 4. The van der Waals surface area contributed by atoms with Gasteiger partial charge in [0.15, 0.2) is 0 Å². The molecular weight excluding hydrogens is 258 g/mol. The van der Waals surface area contributed by atoms with E-state index < -0.39 is 12.0 Å². The van der Waals surface area contributed by atoms with Crippen molar-refractivity contribution < 1.29 is 14.6 Å². The molecular formula is C14H25N3O3. The highest BCUT2D eigenvalue weighted by Gasteiger charge is 2.47. The summed E-state index contributed by atoms with van der Waals surface area (Å²) in [6, 6.07) is 0.223. The molecule has 114 valence electrons. The molecule has 20 heavy (non-hydrogen) atoms. The largest absolute Gasteiger partial charge is 0.480 e. The molecule has 0 aliphatic carbocycles. The van der Waals surface area contributed by atoms with E-state index in [1.54, 1.807) is 0 Å². The zero-order valence-corrected chi connectivity index (χ0v) is 12.2. The quantitative estimate of drug-likeness (QED) is 0.666. The summed E-state index contributed by atoms with van der Waals surface area (Å²) in [5, 5.41) is 16.0. The molecule has 4 unspecified atom stereocenters. The molecule has 0 spiro atoms. The van der Waals surface area contributed by atoms with Gasteiger partial charge in [0.05, 0.1) is 12.3 Å². The van der Waals surface area contributed by atoms with E-state index in [-0.39, 0.29) is 0 Å². The summed E-state index contributed by atoms with van der Waals surface area (Å²) < 4.78 is 5.57. The number of ether oxygens (including phenoxy) is 1. The third-order valence-corrected chi connectivity index (χ3v) is 4.83. The van der Waals surface area contributed by atoms with Crippen LogP contribution in [0.4, 0.5) is 0 Å². The minimum Gasteiger partial charge on any atom is -0.480 e. The molecule has 0 saturated carbocycles. The number of carboxylic acids is 1. The van der Waals surface area contributed by atoms with Crippen LogP contribution in [0.1, 0.15) is 26.7 Å². The Balaban J connectivity index is 1.72. The molecule has 3 rings (SSSR count). The Bertz CT molecular complexity index is 373. The Morgan fingerprint density at radius 3 is 2.80 bits per heavy atom. The van der Waals surface area contributed by atoms with Crippen LogP contribution in [0, 0.1) is 5.92 Å². The van der Waals surface area contributed by atoms with Crippen LogP contribution < -0.4 is 10.6 Å². The molecule has 0 amide bonds. The fourth-order valence-corrected chi connectivity index (χ4v) is 3.63. The van der Waals surface area contributed by atoms with Crippen LogP contribution in [0.3, 0.4) is 0 Å². The van der Waals surface area contributed by atoms with Gasteiger partial charge in [-0.2, -0.15) is 0 Å². The second kappa shape index (κ2) is 5.60. The lowest BCUT2D eigenvalue weighted by Crippen LogP contribution is -2.57. The Morgan fingerprint density at radius 1 is 1.50 bits per heavy atom. The summed E-state index contributed by atoms with van der Waals surface area (Å²) in [6.07, 6.45) is 2.45. The van der Waals surface area contributed by atoms with Gasteiger partial charge in [-0.1, -0.05) is 13.8 Å². The number of nitrogens with one attached hydrogen (secondary N) is 2. The Hall–Kier alpha value is -0.690. The fourth-order valence-electron chi connectivity index (χ4n) is 3.63. The molecule has 3 heterocycles. The van der Waals surface area contributed by atoms with Gasteiger partial charge in [0.25, 0.3) is 0 Å². The van der Waals surface area contributed by atoms with Gasteiger partial charge in [-0.15, -0.1) is 0 Å². The van der Waals surface area contributed by atoms with Crippen molar-refractivity contribution in [1.29, 1.82) is 0 Å². The van der Waals surface area contributed by atoms with E-state index in [1.807, 2.05) is 0 Å². The lowest BCUT2D eigenvalue weighted by atomic mass is 9.94. The number of aliphatic carboxylic acids is 1. The zero-order valence-electron chi connectivity index (χ0n) is 12.2. The number of piperidine rings is 1. The standard InChI is InChI=1S/C14H25N3O3/c1-8(2)13-16-11-6-15-10(14(18)19)5-12(11)17(13)7-9-3-4-20-9/h8-13,15-16H,3-7H2,1-2H3,(H,18,19)/t9-,10?,11?,12?,13?/m0/s1. The smallest absolute Gasteiger partial charge is 0.320 e. The molecule has 0 bridgehead atoms. The number of carboxylic acid groups (broad SMARTS) is 1. The van der Waals surface area contributed by atoms with Gasteiger partial charge >= 0.3 is 5.97 Å². The van der Waals surface area contributed by atoms with Crippen molar-refractivity contribution in [1.82, 2.24) is 15.5 Å². The summed E-state index contributed by atoms with van der Waals surface area (Å²) in [7, 11) is 0. The van der Waals surface area contributed by atoms with Crippen molar-refractivity contribution in [2.75, 3.05) is 19.7 Å². The molecule has 0 radical (unpaired) electrons. The lowest BCUT2D eigenvalue weighted by molar-refractivity contribution is -0.140. The maximum absolute atomic E-state index is 11.2. The highest BCUT2D eigenvalue weighted by Crippen LogP contribution is 2.29. The Labute approximate surface area is 119 Å². The van der Waals surface area contributed by atoms with E-state index in [9.17, 15) is 9.90 Å². The Morgan fingerprint density at radius 2 is 2.25 bits per heavy atom. The van der Waals surface area contributed by atoms with Crippen molar-refractivity contribution in [3.63, 3.8) is 0 Å². The minimum absolute atomic E-state index is 0.300. The Kier molecular flexibility index (Phi) is 3.99. The SMILES string of the molecule is CC(C)C1NC2CNC(C(=O)O)CC2N1C[C@@H]1CCO1. The average molecular weight is 283 g/mol. The summed E-state index contributed by atoms with van der Waals surface area (Å²) in [5.74, 6) is -0.236. The third-order valence-electron chi connectivity index (χ3n) is 4.83. The topological polar surface area (TPSA) is 73.8 Å². The summed E-state index contributed by atoms with van der Waals surface area (Å²) in [4.78, 5) is 13.7. The molecule has 5 atom stereocenters. The van der Waals surface area contributed by atoms with E-state index in [1.165, 1.54) is 0 Å². The van der Waals surface area contributed by atoms with Gasteiger partial charge in [0.2, 0.25) is 0 Å². The van der Waals surface area contributed by atoms with E-state index in [2.05, 4.69) is 29.4 Å². The first-order valence-corrected chi connectivity index (χ1v) is 7.66. The lowest BCUT2D eigenvalue weighted by Gasteiger charge is -2.39. The van der Waals surface area contributed by atoms with E-state index in [4.69, 9.17) is 4.74 Å². The molecule has 6 nitrogen and oxygen atoms in total. The van der Waals surface area contributed by atoms with Crippen molar-refractivity contribution in [2.24, 2.45) is 5.92 Å². The van der Waals surface area contributed by atoms with Crippen molar-refractivity contribution >= 4 is 5.97 Å². The van der Waals surface area contributed by atoms with Crippen LogP contribution in [-0.4, -0.2) is 66.1 Å². The van der Waals surface area contributed by atoms with Crippen molar-refractivity contribution in [3.05, 3.63) is 0 Å². The van der Waals surface area contributed by atoms with Crippen LogP contribution >= 0.6 is 0 Å². The maximum Gasteiger partial charge on any atom is 0.320 e. The molecule has 3 fully saturated rings.